The Labute approximate surface area is 136 Å². The van der Waals surface area contributed by atoms with Gasteiger partial charge in [0, 0.05) is 0 Å². The fourth-order valence-corrected chi connectivity index (χ4v) is 2.84. The highest BCUT2D eigenvalue weighted by atomic mass is 16.3. The second kappa shape index (κ2) is 9.46. The third-order valence-corrected chi connectivity index (χ3v) is 4.30. The van der Waals surface area contributed by atoms with Crippen LogP contribution in [0.2, 0.25) is 0 Å². The van der Waals surface area contributed by atoms with Crippen LogP contribution in [0.1, 0.15) is 45.4 Å². The number of aliphatic hydroxyl groups is 1. The van der Waals surface area contributed by atoms with Crippen LogP contribution >= 0.6 is 0 Å². The Morgan fingerprint density at radius 2 is 1.74 bits per heavy atom. The quantitative estimate of drug-likeness (QED) is 0.378. The molecule has 7 N–H and O–H groups in total. The highest BCUT2D eigenvalue weighted by Gasteiger charge is 2.33. The van der Waals surface area contributed by atoms with E-state index in [1.807, 2.05) is 0 Å². The molecule has 3 atom stereocenters. The van der Waals surface area contributed by atoms with Crippen molar-refractivity contribution >= 4 is 17.7 Å². The molecule has 0 aromatic heterocycles. The number of primary amides is 1. The summed E-state index contributed by atoms with van der Waals surface area (Å²) in [6, 6.07) is -2.61. The number of rotatable bonds is 8. The molecule has 0 bridgehead atoms. The minimum Gasteiger partial charge on any atom is -0.394 e. The van der Waals surface area contributed by atoms with Crippen molar-refractivity contribution in [1.82, 2.24) is 10.6 Å². The smallest absolute Gasteiger partial charge is 0.243 e. The van der Waals surface area contributed by atoms with Gasteiger partial charge in [0.2, 0.25) is 17.7 Å². The lowest BCUT2D eigenvalue weighted by Crippen LogP contribution is -2.58. The summed E-state index contributed by atoms with van der Waals surface area (Å²) in [7, 11) is 0. The molecule has 0 heterocycles. The SMILES string of the molecule is CC[C@H](NC(=O)[C@@H](NC(=O)[C@@H](N)CO)C1CCCCC1)C(N)=O. The van der Waals surface area contributed by atoms with Crippen LogP contribution in [0.25, 0.3) is 0 Å². The van der Waals surface area contributed by atoms with Gasteiger partial charge in [-0.05, 0) is 25.2 Å². The number of hydrogen-bond acceptors (Lipinski definition) is 5. The van der Waals surface area contributed by atoms with Crippen LogP contribution in [0.3, 0.4) is 0 Å². The summed E-state index contributed by atoms with van der Waals surface area (Å²) in [4.78, 5) is 35.8. The molecule has 1 fully saturated rings. The molecule has 1 aliphatic rings. The van der Waals surface area contributed by atoms with Crippen LogP contribution in [-0.2, 0) is 14.4 Å². The maximum Gasteiger partial charge on any atom is 0.243 e. The van der Waals surface area contributed by atoms with Gasteiger partial charge in [-0.2, -0.15) is 0 Å². The van der Waals surface area contributed by atoms with Gasteiger partial charge in [-0.3, -0.25) is 14.4 Å². The number of carbonyl (C=O) groups is 3. The lowest BCUT2D eigenvalue weighted by atomic mass is 9.83. The minimum atomic E-state index is -1.08. The van der Waals surface area contributed by atoms with Gasteiger partial charge in [0.25, 0.3) is 0 Å². The van der Waals surface area contributed by atoms with Gasteiger partial charge in [0.1, 0.15) is 18.1 Å². The highest BCUT2D eigenvalue weighted by Crippen LogP contribution is 2.26. The molecule has 0 spiro atoms. The van der Waals surface area contributed by atoms with E-state index in [1.54, 1.807) is 6.92 Å². The number of aliphatic hydroxyl groups excluding tert-OH is 1. The Morgan fingerprint density at radius 1 is 1.13 bits per heavy atom. The summed E-state index contributed by atoms with van der Waals surface area (Å²) < 4.78 is 0. The third kappa shape index (κ3) is 5.80. The summed E-state index contributed by atoms with van der Waals surface area (Å²) in [6.45, 7) is 1.25. The largest absolute Gasteiger partial charge is 0.394 e. The lowest BCUT2D eigenvalue weighted by molar-refractivity contribution is -0.133. The molecular formula is C15H28N4O4. The molecule has 1 aliphatic carbocycles. The lowest BCUT2D eigenvalue weighted by Gasteiger charge is -2.31. The van der Waals surface area contributed by atoms with Gasteiger partial charge >= 0.3 is 0 Å². The molecule has 0 aliphatic heterocycles. The average molecular weight is 328 g/mol. The molecule has 23 heavy (non-hydrogen) atoms. The number of nitrogens with two attached hydrogens (primary N) is 2. The molecule has 132 valence electrons. The molecule has 0 radical (unpaired) electrons. The zero-order valence-corrected chi connectivity index (χ0v) is 13.6. The summed E-state index contributed by atoms with van der Waals surface area (Å²) in [6.07, 6.45) is 5.10. The van der Waals surface area contributed by atoms with E-state index in [0.29, 0.717) is 6.42 Å². The second-order valence-electron chi connectivity index (χ2n) is 6.05. The molecule has 3 amide bonds. The van der Waals surface area contributed by atoms with Gasteiger partial charge in [0.15, 0.2) is 0 Å². The van der Waals surface area contributed by atoms with Gasteiger partial charge in [-0.1, -0.05) is 26.2 Å². The van der Waals surface area contributed by atoms with Crippen LogP contribution in [0.15, 0.2) is 0 Å². The third-order valence-electron chi connectivity index (χ3n) is 4.30. The van der Waals surface area contributed by atoms with E-state index in [4.69, 9.17) is 16.6 Å². The molecule has 0 aromatic rings. The van der Waals surface area contributed by atoms with Crippen molar-refractivity contribution in [3.63, 3.8) is 0 Å². The van der Waals surface area contributed by atoms with E-state index in [9.17, 15) is 14.4 Å². The molecule has 1 saturated carbocycles. The summed E-state index contributed by atoms with van der Waals surface area (Å²) in [5, 5.41) is 14.2. The minimum absolute atomic E-state index is 0.0102. The Bertz CT molecular complexity index is 424. The van der Waals surface area contributed by atoms with Crippen molar-refractivity contribution in [2.24, 2.45) is 17.4 Å². The first kappa shape index (κ1) is 19.4. The predicted molar refractivity (Wildman–Crippen MR) is 85.0 cm³/mol. The predicted octanol–water partition coefficient (Wildman–Crippen LogP) is -1.25. The standard InChI is InChI=1S/C15H28N4O4/c1-2-11(13(17)21)18-15(23)12(9-6-4-3-5-7-9)19-14(22)10(16)8-20/h9-12,20H,2-8,16H2,1H3,(H2,17,21)(H,18,23)(H,19,22)/t10-,11-,12-/m0/s1. The van der Waals surface area contributed by atoms with Crippen molar-refractivity contribution in [2.45, 2.75) is 63.6 Å². The maximum atomic E-state index is 12.5. The van der Waals surface area contributed by atoms with E-state index in [0.717, 1.165) is 32.1 Å². The number of amides is 3. The second-order valence-corrected chi connectivity index (χ2v) is 6.05. The van der Waals surface area contributed by atoms with Crippen molar-refractivity contribution in [2.75, 3.05) is 6.61 Å². The first-order valence-corrected chi connectivity index (χ1v) is 8.17. The fraction of sp³-hybridized carbons (Fsp3) is 0.800. The van der Waals surface area contributed by atoms with Gasteiger partial charge in [-0.15, -0.1) is 0 Å². The number of nitrogens with one attached hydrogen (secondary N) is 2. The van der Waals surface area contributed by atoms with Crippen LogP contribution in [0.5, 0.6) is 0 Å². The van der Waals surface area contributed by atoms with E-state index in [-0.39, 0.29) is 5.92 Å². The van der Waals surface area contributed by atoms with Crippen LogP contribution in [-0.4, -0.2) is 47.6 Å². The van der Waals surface area contributed by atoms with Crippen molar-refractivity contribution < 1.29 is 19.5 Å². The Balaban J connectivity index is 2.82. The molecule has 0 aromatic carbocycles. The Hall–Kier alpha value is -1.67. The molecule has 0 unspecified atom stereocenters. The van der Waals surface area contributed by atoms with E-state index in [1.165, 1.54) is 0 Å². The molecule has 0 saturated heterocycles. The number of carbonyl (C=O) groups excluding carboxylic acids is 3. The maximum absolute atomic E-state index is 12.5. The molecule has 1 rings (SSSR count). The van der Waals surface area contributed by atoms with E-state index < -0.39 is 42.5 Å². The molecule has 8 heteroatoms. The topological polar surface area (TPSA) is 148 Å². The molecule has 8 nitrogen and oxygen atoms in total. The Kier molecular flexibility index (Phi) is 7.97. The zero-order valence-electron chi connectivity index (χ0n) is 13.6. The summed E-state index contributed by atoms with van der Waals surface area (Å²) in [5.74, 6) is -1.63. The van der Waals surface area contributed by atoms with Gasteiger partial charge < -0.3 is 27.2 Å². The highest BCUT2D eigenvalue weighted by molar-refractivity contribution is 5.92. The van der Waals surface area contributed by atoms with Crippen molar-refractivity contribution in [3.8, 4) is 0 Å². The van der Waals surface area contributed by atoms with Crippen LogP contribution in [0, 0.1) is 5.92 Å². The first-order chi connectivity index (χ1) is 10.9. The summed E-state index contributed by atoms with van der Waals surface area (Å²) >= 11 is 0. The average Bonchev–Trinajstić information content (AvgIpc) is 2.56. The normalized spacial score (nSPS) is 19.4. The van der Waals surface area contributed by atoms with E-state index in [2.05, 4.69) is 10.6 Å². The van der Waals surface area contributed by atoms with Gasteiger partial charge in [-0.25, -0.2) is 0 Å². The summed E-state index contributed by atoms with van der Waals surface area (Å²) in [5.41, 5.74) is 10.8. The number of hydrogen-bond donors (Lipinski definition) is 5. The van der Waals surface area contributed by atoms with E-state index >= 15 is 0 Å². The van der Waals surface area contributed by atoms with Crippen molar-refractivity contribution in [3.05, 3.63) is 0 Å². The molecular weight excluding hydrogens is 300 g/mol. The fourth-order valence-electron chi connectivity index (χ4n) is 2.84. The van der Waals surface area contributed by atoms with Crippen molar-refractivity contribution in [1.29, 1.82) is 0 Å². The Morgan fingerprint density at radius 3 is 2.22 bits per heavy atom. The van der Waals surface area contributed by atoms with Crippen LogP contribution < -0.4 is 22.1 Å². The van der Waals surface area contributed by atoms with Gasteiger partial charge in [0.05, 0.1) is 6.61 Å². The monoisotopic (exact) mass is 328 g/mol. The first-order valence-electron chi connectivity index (χ1n) is 8.17. The zero-order chi connectivity index (χ0) is 17.4. The van der Waals surface area contributed by atoms with Crippen LogP contribution in [0.4, 0.5) is 0 Å².